The molecule has 0 fully saturated rings. The van der Waals surface area contributed by atoms with Crippen LogP contribution in [0.2, 0.25) is 5.02 Å². The first kappa shape index (κ1) is 9.49. The van der Waals surface area contributed by atoms with Crippen molar-refractivity contribution in [1.82, 2.24) is 0 Å². The molecule has 0 bridgehead atoms. The standard InChI is InChI=1S/C9H11ClFN/c1-6(12)9(11)7-2-4-8(10)5-3-7/h2-6,9H,12H2,1H3/t6-,9-/m1/s1. The van der Waals surface area contributed by atoms with Crippen molar-refractivity contribution in [2.75, 3.05) is 0 Å². The summed E-state index contributed by atoms with van der Waals surface area (Å²) in [6.07, 6.45) is -1.11. The molecule has 0 unspecified atom stereocenters. The second kappa shape index (κ2) is 3.87. The second-order valence-corrected chi connectivity index (χ2v) is 3.25. The molecule has 0 saturated carbocycles. The quantitative estimate of drug-likeness (QED) is 0.757. The molecule has 0 saturated heterocycles. The SMILES string of the molecule is C[C@@H](N)[C@@H](F)c1ccc(Cl)cc1. The predicted octanol–water partition coefficient (Wildman–Crippen LogP) is 2.70. The number of hydrogen-bond donors (Lipinski definition) is 1. The maximum absolute atomic E-state index is 13.2. The van der Waals surface area contributed by atoms with E-state index in [9.17, 15) is 4.39 Å². The van der Waals surface area contributed by atoms with Crippen LogP contribution in [0.1, 0.15) is 18.7 Å². The van der Waals surface area contributed by atoms with Gasteiger partial charge in [0.1, 0.15) is 6.17 Å². The summed E-state index contributed by atoms with van der Waals surface area (Å²) in [4.78, 5) is 0. The topological polar surface area (TPSA) is 26.0 Å². The average Bonchev–Trinajstić information content (AvgIpc) is 2.04. The van der Waals surface area contributed by atoms with Crippen molar-refractivity contribution in [3.05, 3.63) is 34.9 Å². The van der Waals surface area contributed by atoms with Crippen molar-refractivity contribution >= 4 is 11.6 Å². The summed E-state index contributed by atoms with van der Waals surface area (Å²) in [5.41, 5.74) is 5.98. The average molecular weight is 188 g/mol. The van der Waals surface area contributed by atoms with Gasteiger partial charge in [-0.3, -0.25) is 0 Å². The summed E-state index contributed by atoms with van der Waals surface area (Å²) in [5, 5.41) is 0.607. The van der Waals surface area contributed by atoms with E-state index in [0.29, 0.717) is 10.6 Å². The molecule has 2 N–H and O–H groups in total. The van der Waals surface area contributed by atoms with Gasteiger partial charge in [0.25, 0.3) is 0 Å². The first-order chi connectivity index (χ1) is 5.61. The zero-order valence-corrected chi connectivity index (χ0v) is 7.55. The lowest BCUT2D eigenvalue weighted by Crippen LogP contribution is -2.21. The highest BCUT2D eigenvalue weighted by Crippen LogP contribution is 2.21. The van der Waals surface area contributed by atoms with Gasteiger partial charge >= 0.3 is 0 Å². The van der Waals surface area contributed by atoms with Gasteiger partial charge < -0.3 is 5.73 Å². The van der Waals surface area contributed by atoms with Gasteiger partial charge in [0.15, 0.2) is 0 Å². The Labute approximate surface area is 76.3 Å². The molecule has 1 nitrogen and oxygen atoms in total. The number of benzene rings is 1. The third-order valence-electron chi connectivity index (χ3n) is 1.65. The van der Waals surface area contributed by atoms with Gasteiger partial charge in [0, 0.05) is 11.1 Å². The molecule has 66 valence electrons. The van der Waals surface area contributed by atoms with Crippen LogP contribution in [0.25, 0.3) is 0 Å². The largest absolute Gasteiger partial charge is 0.325 e. The summed E-state index contributed by atoms with van der Waals surface area (Å²) in [6.45, 7) is 1.64. The Kier molecular flexibility index (Phi) is 3.06. The molecule has 0 aliphatic rings. The van der Waals surface area contributed by atoms with E-state index in [2.05, 4.69) is 0 Å². The molecule has 1 rings (SSSR count). The monoisotopic (exact) mass is 187 g/mol. The number of nitrogens with two attached hydrogens (primary N) is 1. The van der Waals surface area contributed by atoms with Gasteiger partial charge in [-0.15, -0.1) is 0 Å². The highest BCUT2D eigenvalue weighted by Gasteiger charge is 2.13. The molecule has 0 spiro atoms. The maximum Gasteiger partial charge on any atom is 0.140 e. The molecular weight excluding hydrogens is 177 g/mol. The van der Waals surface area contributed by atoms with Crippen LogP contribution < -0.4 is 5.73 Å². The molecule has 3 heteroatoms. The van der Waals surface area contributed by atoms with Crippen LogP contribution in [0.15, 0.2) is 24.3 Å². The highest BCUT2D eigenvalue weighted by molar-refractivity contribution is 6.30. The van der Waals surface area contributed by atoms with Crippen LogP contribution in [0.5, 0.6) is 0 Å². The first-order valence-corrected chi connectivity index (χ1v) is 4.14. The summed E-state index contributed by atoms with van der Waals surface area (Å²) in [6, 6.07) is 6.14. The van der Waals surface area contributed by atoms with Crippen LogP contribution in [-0.2, 0) is 0 Å². The summed E-state index contributed by atoms with van der Waals surface area (Å²) >= 11 is 5.64. The lowest BCUT2D eigenvalue weighted by Gasteiger charge is -2.11. The fourth-order valence-corrected chi connectivity index (χ4v) is 1.08. The molecule has 0 amide bonds. The van der Waals surface area contributed by atoms with E-state index in [1.807, 2.05) is 0 Å². The molecular formula is C9H11ClFN. The fourth-order valence-electron chi connectivity index (χ4n) is 0.950. The zero-order valence-electron chi connectivity index (χ0n) is 6.80. The second-order valence-electron chi connectivity index (χ2n) is 2.81. The number of halogens is 2. The van der Waals surface area contributed by atoms with Gasteiger partial charge in [-0.25, -0.2) is 4.39 Å². The molecule has 0 heterocycles. The molecule has 0 radical (unpaired) electrons. The number of hydrogen-bond acceptors (Lipinski definition) is 1. The molecule has 0 aromatic heterocycles. The van der Waals surface area contributed by atoms with E-state index in [4.69, 9.17) is 17.3 Å². The minimum Gasteiger partial charge on any atom is -0.325 e. The van der Waals surface area contributed by atoms with Gasteiger partial charge in [-0.1, -0.05) is 23.7 Å². The van der Waals surface area contributed by atoms with Crippen LogP contribution in [0.3, 0.4) is 0 Å². The molecule has 12 heavy (non-hydrogen) atoms. The minimum atomic E-state index is -1.11. The van der Waals surface area contributed by atoms with Crippen molar-refractivity contribution in [1.29, 1.82) is 0 Å². The third-order valence-corrected chi connectivity index (χ3v) is 1.90. The Morgan fingerprint density at radius 2 is 1.83 bits per heavy atom. The van der Waals surface area contributed by atoms with E-state index in [1.165, 1.54) is 0 Å². The predicted molar refractivity (Wildman–Crippen MR) is 49.0 cm³/mol. The molecule has 2 atom stereocenters. The van der Waals surface area contributed by atoms with Crippen LogP contribution in [-0.4, -0.2) is 6.04 Å². The Morgan fingerprint density at radius 1 is 1.33 bits per heavy atom. The van der Waals surface area contributed by atoms with Crippen molar-refractivity contribution in [3.63, 3.8) is 0 Å². The van der Waals surface area contributed by atoms with Crippen LogP contribution in [0.4, 0.5) is 4.39 Å². The molecule has 1 aromatic rings. The minimum absolute atomic E-state index is 0.480. The summed E-state index contributed by atoms with van der Waals surface area (Å²) in [5.74, 6) is 0. The van der Waals surface area contributed by atoms with E-state index >= 15 is 0 Å². The zero-order chi connectivity index (χ0) is 9.14. The van der Waals surface area contributed by atoms with Crippen molar-refractivity contribution in [2.45, 2.75) is 19.1 Å². The Bertz CT molecular complexity index is 245. The van der Waals surface area contributed by atoms with Crippen LogP contribution in [0, 0.1) is 0 Å². The number of alkyl halides is 1. The van der Waals surface area contributed by atoms with E-state index in [1.54, 1.807) is 31.2 Å². The first-order valence-electron chi connectivity index (χ1n) is 3.76. The summed E-state index contributed by atoms with van der Waals surface area (Å²) in [7, 11) is 0. The Hall–Kier alpha value is -0.600. The van der Waals surface area contributed by atoms with Gasteiger partial charge in [-0.2, -0.15) is 0 Å². The van der Waals surface area contributed by atoms with Gasteiger partial charge in [0.05, 0.1) is 0 Å². The van der Waals surface area contributed by atoms with Crippen molar-refractivity contribution < 1.29 is 4.39 Å². The van der Waals surface area contributed by atoms with E-state index in [0.717, 1.165) is 0 Å². The fraction of sp³-hybridized carbons (Fsp3) is 0.333. The molecule has 0 aliphatic carbocycles. The Morgan fingerprint density at radius 3 is 2.25 bits per heavy atom. The highest BCUT2D eigenvalue weighted by atomic mass is 35.5. The van der Waals surface area contributed by atoms with Gasteiger partial charge in [0.2, 0.25) is 0 Å². The van der Waals surface area contributed by atoms with Crippen molar-refractivity contribution in [2.24, 2.45) is 5.73 Å². The maximum atomic E-state index is 13.2. The molecule has 0 aliphatic heterocycles. The number of rotatable bonds is 2. The van der Waals surface area contributed by atoms with E-state index < -0.39 is 12.2 Å². The van der Waals surface area contributed by atoms with Gasteiger partial charge in [-0.05, 0) is 24.6 Å². The molecule has 1 aromatic carbocycles. The third kappa shape index (κ3) is 2.19. The lowest BCUT2D eigenvalue weighted by molar-refractivity contribution is 0.300. The lowest BCUT2D eigenvalue weighted by atomic mass is 10.1. The smallest absolute Gasteiger partial charge is 0.140 e. The van der Waals surface area contributed by atoms with E-state index in [-0.39, 0.29) is 0 Å². The van der Waals surface area contributed by atoms with Crippen LogP contribution >= 0.6 is 11.6 Å². The normalized spacial score (nSPS) is 15.7. The summed E-state index contributed by atoms with van der Waals surface area (Å²) < 4.78 is 13.2. The van der Waals surface area contributed by atoms with Crippen molar-refractivity contribution in [3.8, 4) is 0 Å². The Balaban J connectivity index is 2.82.